The minimum absolute atomic E-state index is 0.0203. The largest absolute Gasteiger partial charge is 0.466 e. The fourth-order valence-electron chi connectivity index (χ4n) is 1.18. The van der Waals surface area contributed by atoms with Crippen LogP contribution in [0.4, 0.5) is 0 Å². The van der Waals surface area contributed by atoms with Crippen molar-refractivity contribution < 1.29 is 9.21 Å². The van der Waals surface area contributed by atoms with Crippen LogP contribution in [0, 0.1) is 13.8 Å². The van der Waals surface area contributed by atoms with Crippen molar-refractivity contribution in [3.8, 4) is 0 Å². The number of rotatable bonds is 3. The molecule has 0 radical (unpaired) electrons. The van der Waals surface area contributed by atoms with Gasteiger partial charge in [0.15, 0.2) is 5.78 Å². The van der Waals surface area contributed by atoms with E-state index in [2.05, 4.69) is 0 Å². The molecule has 0 saturated heterocycles. The van der Waals surface area contributed by atoms with Crippen molar-refractivity contribution in [3.63, 3.8) is 0 Å². The number of hydrogen-bond donors (Lipinski definition) is 0. The summed E-state index contributed by atoms with van der Waals surface area (Å²) in [5.41, 5.74) is 0.639. The predicted octanol–water partition coefficient (Wildman–Crippen LogP) is 2.15. The Morgan fingerprint density at radius 3 is 2.50 bits per heavy atom. The Morgan fingerprint density at radius 1 is 1.43 bits per heavy atom. The summed E-state index contributed by atoms with van der Waals surface area (Å²) in [6, 6.07) is 1.76. The topological polar surface area (TPSA) is 33.5 Å². The third-order valence-electron chi connectivity index (χ3n) is 1.83. The predicted molar refractivity (Wildman–Crippen MR) is 55.3 cm³/mol. The molecule has 0 fully saturated rings. The van der Waals surface area contributed by atoms with E-state index in [4.69, 9.17) is 4.42 Å². The average molecular weight is 193 g/mol. The van der Waals surface area contributed by atoms with E-state index in [1.165, 1.54) is 6.08 Å². The van der Waals surface area contributed by atoms with E-state index >= 15 is 0 Å². The number of nitrogens with zero attached hydrogens (tertiary/aromatic N) is 1. The van der Waals surface area contributed by atoms with E-state index < -0.39 is 0 Å². The van der Waals surface area contributed by atoms with Crippen LogP contribution in [0.25, 0.3) is 0 Å². The van der Waals surface area contributed by atoms with Gasteiger partial charge < -0.3 is 9.32 Å². The van der Waals surface area contributed by atoms with Crippen LogP contribution in [0.5, 0.6) is 0 Å². The molecule has 0 aliphatic heterocycles. The first kappa shape index (κ1) is 10.6. The van der Waals surface area contributed by atoms with Gasteiger partial charge in [-0.25, -0.2) is 0 Å². The molecular weight excluding hydrogens is 178 g/mol. The van der Waals surface area contributed by atoms with E-state index in [0.717, 1.165) is 5.76 Å². The molecule has 0 bridgehead atoms. The number of allylic oxidation sites excluding steroid dienone is 1. The van der Waals surface area contributed by atoms with Crippen molar-refractivity contribution in [3.05, 3.63) is 35.4 Å². The van der Waals surface area contributed by atoms with Gasteiger partial charge in [0.25, 0.3) is 0 Å². The molecule has 0 aliphatic carbocycles. The van der Waals surface area contributed by atoms with E-state index in [1.54, 1.807) is 19.2 Å². The smallest absolute Gasteiger partial charge is 0.190 e. The Balaban J connectivity index is 2.85. The maximum absolute atomic E-state index is 11.6. The Morgan fingerprint density at radius 2 is 2.07 bits per heavy atom. The van der Waals surface area contributed by atoms with Crippen molar-refractivity contribution in [1.82, 2.24) is 4.90 Å². The average Bonchev–Trinajstić information content (AvgIpc) is 2.41. The molecule has 0 spiro atoms. The summed E-state index contributed by atoms with van der Waals surface area (Å²) in [5, 5.41) is 0. The lowest BCUT2D eigenvalue weighted by Gasteiger charge is -2.01. The molecule has 76 valence electrons. The molecule has 1 rings (SSSR count). The molecular formula is C11H15NO2. The number of aryl methyl sites for hydroxylation is 2. The van der Waals surface area contributed by atoms with Gasteiger partial charge in [-0.1, -0.05) is 0 Å². The SMILES string of the molecule is Cc1cc(C(=O)/C=C/N(C)C)c(C)o1. The van der Waals surface area contributed by atoms with Crippen molar-refractivity contribution in [2.45, 2.75) is 13.8 Å². The zero-order valence-corrected chi connectivity index (χ0v) is 9.00. The number of hydrogen-bond acceptors (Lipinski definition) is 3. The monoisotopic (exact) mass is 193 g/mol. The lowest BCUT2D eigenvalue weighted by atomic mass is 10.1. The van der Waals surface area contributed by atoms with E-state index in [0.29, 0.717) is 11.3 Å². The summed E-state index contributed by atoms with van der Waals surface area (Å²) in [6.45, 7) is 3.63. The minimum atomic E-state index is -0.0203. The molecule has 3 heteroatoms. The number of ketones is 1. The molecule has 0 N–H and O–H groups in total. The van der Waals surface area contributed by atoms with Gasteiger partial charge >= 0.3 is 0 Å². The quantitative estimate of drug-likeness (QED) is 0.544. The highest BCUT2D eigenvalue weighted by atomic mass is 16.3. The molecule has 0 aliphatic rings. The van der Waals surface area contributed by atoms with Gasteiger partial charge in [0, 0.05) is 26.4 Å². The third kappa shape index (κ3) is 2.49. The summed E-state index contributed by atoms with van der Waals surface area (Å²) < 4.78 is 5.27. The van der Waals surface area contributed by atoms with Crippen molar-refractivity contribution in [1.29, 1.82) is 0 Å². The van der Waals surface area contributed by atoms with Crippen LogP contribution >= 0.6 is 0 Å². The van der Waals surface area contributed by atoms with E-state index in [1.807, 2.05) is 25.9 Å². The lowest BCUT2D eigenvalue weighted by Crippen LogP contribution is -2.03. The molecule has 14 heavy (non-hydrogen) atoms. The van der Waals surface area contributed by atoms with Crippen LogP contribution in [-0.2, 0) is 0 Å². The molecule has 1 aromatic heterocycles. The van der Waals surface area contributed by atoms with Crippen LogP contribution < -0.4 is 0 Å². The maximum Gasteiger partial charge on any atom is 0.190 e. The zero-order chi connectivity index (χ0) is 10.7. The van der Waals surface area contributed by atoms with Crippen molar-refractivity contribution in [2.75, 3.05) is 14.1 Å². The number of carbonyl (C=O) groups excluding carboxylic acids is 1. The molecule has 1 aromatic rings. The second-order valence-corrected chi connectivity index (χ2v) is 3.47. The van der Waals surface area contributed by atoms with Gasteiger partial charge in [-0.05, 0) is 19.9 Å². The fraction of sp³-hybridized carbons (Fsp3) is 0.364. The van der Waals surface area contributed by atoms with Crippen LogP contribution in [0.1, 0.15) is 21.9 Å². The van der Waals surface area contributed by atoms with E-state index in [9.17, 15) is 4.79 Å². The van der Waals surface area contributed by atoms with Gasteiger partial charge in [-0.3, -0.25) is 4.79 Å². The van der Waals surface area contributed by atoms with Crippen LogP contribution in [0.2, 0.25) is 0 Å². The Kier molecular flexibility index (Phi) is 3.12. The van der Waals surface area contributed by atoms with Crippen LogP contribution in [-0.4, -0.2) is 24.8 Å². The van der Waals surface area contributed by atoms with Crippen molar-refractivity contribution >= 4 is 5.78 Å². The Hall–Kier alpha value is -1.51. The van der Waals surface area contributed by atoms with Crippen molar-refractivity contribution in [2.24, 2.45) is 0 Å². The van der Waals surface area contributed by atoms with Gasteiger partial charge in [0.05, 0.1) is 5.56 Å². The summed E-state index contributed by atoms with van der Waals surface area (Å²) in [7, 11) is 3.74. The second-order valence-electron chi connectivity index (χ2n) is 3.47. The highest BCUT2D eigenvalue weighted by Gasteiger charge is 2.10. The summed E-state index contributed by atoms with van der Waals surface area (Å²) in [6.07, 6.45) is 3.27. The molecule has 1 heterocycles. The van der Waals surface area contributed by atoms with Gasteiger partial charge in [-0.15, -0.1) is 0 Å². The summed E-state index contributed by atoms with van der Waals surface area (Å²) >= 11 is 0. The molecule has 0 saturated carbocycles. The molecule has 0 atom stereocenters. The molecule has 0 unspecified atom stereocenters. The van der Waals surface area contributed by atoms with Crippen LogP contribution in [0.3, 0.4) is 0 Å². The zero-order valence-electron chi connectivity index (χ0n) is 9.00. The third-order valence-corrected chi connectivity index (χ3v) is 1.83. The molecule has 0 aromatic carbocycles. The molecule has 0 amide bonds. The minimum Gasteiger partial charge on any atom is -0.466 e. The highest BCUT2D eigenvalue weighted by Crippen LogP contribution is 2.14. The number of carbonyl (C=O) groups is 1. The first-order valence-electron chi connectivity index (χ1n) is 4.46. The highest BCUT2D eigenvalue weighted by molar-refractivity contribution is 6.05. The maximum atomic E-state index is 11.6. The molecule has 3 nitrogen and oxygen atoms in total. The first-order chi connectivity index (χ1) is 6.50. The van der Waals surface area contributed by atoms with Gasteiger partial charge in [0.1, 0.15) is 11.5 Å². The second kappa shape index (κ2) is 4.13. The summed E-state index contributed by atoms with van der Waals surface area (Å²) in [5.74, 6) is 1.42. The number of furan rings is 1. The van der Waals surface area contributed by atoms with Gasteiger partial charge in [-0.2, -0.15) is 0 Å². The Bertz CT molecular complexity index is 361. The first-order valence-corrected chi connectivity index (χ1v) is 4.46. The summed E-state index contributed by atoms with van der Waals surface area (Å²) in [4.78, 5) is 13.4. The van der Waals surface area contributed by atoms with Gasteiger partial charge in [0.2, 0.25) is 0 Å². The fourth-order valence-corrected chi connectivity index (χ4v) is 1.18. The normalized spacial score (nSPS) is 10.9. The lowest BCUT2D eigenvalue weighted by molar-refractivity contribution is 0.104. The Labute approximate surface area is 84.0 Å². The van der Waals surface area contributed by atoms with E-state index in [-0.39, 0.29) is 5.78 Å². The standard InChI is InChI=1S/C11H15NO2/c1-8-7-10(9(2)14-8)11(13)5-6-12(3)4/h5-7H,1-4H3/b6-5+. The van der Waals surface area contributed by atoms with Crippen LogP contribution in [0.15, 0.2) is 22.8 Å².